The zero-order chi connectivity index (χ0) is 31.2. The quantitative estimate of drug-likeness (QED) is 0.109. The molecule has 3 aromatic rings. The first-order valence-electron chi connectivity index (χ1n) is 14.9. The van der Waals surface area contributed by atoms with E-state index in [9.17, 15) is 19.2 Å². The van der Waals surface area contributed by atoms with E-state index in [2.05, 4.69) is 17.6 Å². The largest absolute Gasteiger partial charge is 0.494 e. The molecular formula is C35H42N2O6. The molecule has 3 aromatic carbocycles. The summed E-state index contributed by atoms with van der Waals surface area (Å²) in [5, 5.41) is 5.56. The van der Waals surface area contributed by atoms with E-state index in [0.717, 1.165) is 24.2 Å². The smallest absolute Gasteiger partial charge is 0.343 e. The van der Waals surface area contributed by atoms with Gasteiger partial charge in [0.1, 0.15) is 11.5 Å². The first-order chi connectivity index (χ1) is 20.7. The number of hydrogen-bond acceptors (Lipinski definition) is 6. The van der Waals surface area contributed by atoms with E-state index in [4.69, 9.17) is 9.47 Å². The Balaban J connectivity index is 1.50. The van der Waals surface area contributed by atoms with Gasteiger partial charge in [-0.2, -0.15) is 0 Å². The van der Waals surface area contributed by atoms with Crippen molar-refractivity contribution in [3.63, 3.8) is 0 Å². The van der Waals surface area contributed by atoms with Crippen molar-refractivity contribution in [3.05, 3.63) is 89.5 Å². The Bertz CT molecular complexity index is 1350. The number of esters is 1. The number of nitrogens with one attached hydrogen (secondary N) is 2. The molecule has 0 saturated carbocycles. The highest BCUT2D eigenvalue weighted by atomic mass is 16.5. The highest BCUT2D eigenvalue weighted by molar-refractivity contribution is 5.98. The van der Waals surface area contributed by atoms with E-state index in [1.165, 1.54) is 26.2 Å². The number of Topliss-reactive ketones (excluding diaryl/α,β-unsaturated/α-hetero) is 1. The molecule has 0 fully saturated rings. The van der Waals surface area contributed by atoms with Crippen LogP contribution in [0.5, 0.6) is 11.5 Å². The van der Waals surface area contributed by atoms with Gasteiger partial charge in [0.15, 0.2) is 5.78 Å². The van der Waals surface area contributed by atoms with E-state index in [-0.39, 0.29) is 24.0 Å². The summed E-state index contributed by atoms with van der Waals surface area (Å²) in [6.45, 7) is 7.86. The lowest BCUT2D eigenvalue weighted by atomic mass is 10.0. The van der Waals surface area contributed by atoms with Crippen LogP contribution in [-0.2, 0) is 16.0 Å². The second-order valence-corrected chi connectivity index (χ2v) is 10.9. The molecule has 0 saturated heterocycles. The third kappa shape index (κ3) is 11.0. The van der Waals surface area contributed by atoms with E-state index in [1.807, 2.05) is 0 Å². The Labute approximate surface area is 254 Å². The average Bonchev–Trinajstić information content (AvgIpc) is 3.00. The fourth-order valence-electron chi connectivity index (χ4n) is 4.21. The molecule has 8 nitrogen and oxygen atoms in total. The molecule has 228 valence electrons. The van der Waals surface area contributed by atoms with Crippen LogP contribution in [-0.4, -0.2) is 36.2 Å². The number of amides is 2. The third-order valence-corrected chi connectivity index (χ3v) is 6.92. The molecule has 1 atom stereocenters. The number of unbranched alkanes of at least 4 members (excludes halogenated alkanes) is 4. The monoisotopic (exact) mass is 586 g/mol. The predicted molar refractivity (Wildman–Crippen MR) is 168 cm³/mol. The molecule has 8 heteroatoms. The Morgan fingerprint density at radius 3 is 1.95 bits per heavy atom. The van der Waals surface area contributed by atoms with Gasteiger partial charge in [0.05, 0.1) is 18.2 Å². The number of rotatable bonds is 16. The van der Waals surface area contributed by atoms with Crippen molar-refractivity contribution >= 4 is 29.3 Å². The van der Waals surface area contributed by atoms with Gasteiger partial charge < -0.3 is 20.1 Å². The van der Waals surface area contributed by atoms with Crippen LogP contribution in [0.4, 0.5) is 5.69 Å². The molecule has 2 N–H and O–H groups in total. The van der Waals surface area contributed by atoms with Gasteiger partial charge in [0, 0.05) is 17.2 Å². The summed E-state index contributed by atoms with van der Waals surface area (Å²) in [7, 11) is 0. The van der Waals surface area contributed by atoms with E-state index < -0.39 is 17.9 Å². The highest BCUT2D eigenvalue weighted by Crippen LogP contribution is 2.18. The van der Waals surface area contributed by atoms with Crippen LogP contribution in [0.3, 0.4) is 0 Å². The van der Waals surface area contributed by atoms with Crippen molar-refractivity contribution in [2.24, 2.45) is 5.92 Å². The number of ether oxygens (including phenoxy) is 2. The maximum Gasteiger partial charge on any atom is 0.343 e. The summed E-state index contributed by atoms with van der Waals surface area (Å²) in [4.78, 5) is 49.6. The summed E-state index contributed by atoms with van der Waals surface area (Å²) < 4.78 is 11.3. The molecule has 0 aliphatic rings. The lowest BCUT2D eigenvalue weighted by molar-refractivity contribution is -0.119. The van der Waals surface area contributed by atoms with Gasteiger partial charge in [-0.3, -0.25) is 14.4 Å². The van der Waals surface area contributed by atoms with Crippen molar-refractivity contribution in [1.82, 2.24) is 5.32 Å². The van der Waals surface area contributed by atoms with Gasteiger partial charge >= 0.3 is 5.97 Å². The number of anilines is 1. The molecule has 0 heterocycles. The lowest BCUT2D eigenvalue weighted by Gasteiger charge is -2.17. The lowest BCUT2D eigenvalue weighted by Crippen LogP contribution is -2.41. The molecule has 0 bridgehead atoms. The maximum atomic E-state index is 12.8. The minimum atomic E-state index is -0.738. The summed E-state index contributed by atoms with van der Waals surface area (Å²) in [5.74, 6) is -0.248. The topological polar surface area (TPSA) is 111 Å². The second kappa shape index (κ2) is 16.9. The Morgan fingerprint density at radius 1 is 0.744 bits per heavy atom. The highest BCUT2D eigenvalue weighted by Gasteiger charge is 2.19. The second-order valence-electron chi connectivity index (χ2n) is 10.9. The van der Waals surface area contributed by atoms with Crippen LogP contribution in [0.15, 0.2) is 72.8 Å². The zero-order valence-electron chi connectivity index (χ0n) is 25.5. The van der Waals surface area contributed by atoms with Gasteiger partial charge in [-0.25, -0.2) is 4.79 Å². The Morgan fingerprint density at radius 2 is 1.35 bits per heavy atom. The van der Waals surface area contributed by atoms with Crippen LogP contribution in [0, 0.1) is 5.92 Å². The van der Waals surface area contributed by atoms with E-state index in [1.54, 1.807) is 86.6 Å². The summed E-state index contributed by atoms with van der Waals surface area (Å²) in [6, 6.07) is 19.5. The molecule has 0 aromatic heterocycles. The van der Waals surface area contributed by atoms with Crippen LogP contribution in [0.2, 0.25) is 0 Å². The maximum absolute atomic E-state index is 12.8. The van der Waals surface area contributed by atoms with E-state index >= 15 is 0 Å². The van der Waals surface area contributed by atoms with Crippen LogP contribution in [0.1, 0.15) is 86.1 Å². The standard InChI is InChI=1S/C35H42N2O6/c1-5-6-7-8-9-22-42-30-20-14-28(15-21-30)35(41)43-31-18-10-26(11-19-31)23-32(25(4)38)37-34(40)27-12-16-29(17-13-27)36-33(39)24(2)3/h10-21,24,32H,5-9,22-23H2,1-4H3,(H,36,39)(H,37,40)/t32-/m0/s1. The first kappa shape index (κ1) is 33.0. The Hall–Kier alpha value is -4.46. The number of carbonyl (C=O) groups is 4. The molecule has 0 unspecified atom stereocenters. The Kier molecular flexibility index (Phi) is 12.9. The van der Waals surface area contributed by atoms with Crippen molar-refractivity contribution < 1.29 is 28.7 Å². The van der Waals surface area contributed by atoms with E-state index in [0.29, 0.717) is 29.2 Å². The summed E-state index contributed by atoms with van der Waals surface area (Å²) in [6.07, 6.45) is 6.11. The van der Waals surface area contributed by atoms with Crippen molar-refractivity contribution in [3.8, 4) is 11.5 Å². The number of carbonyl (C=O) groups excluding carboxylic acids is 4. The average molecular weight is 587 g/mol. The van der Waals surface area contributed by atoms with Crippen LogP contribution < -0.4 is 20.1 Å². The van der Waals surface area contributed by atoms with Crippen molar-refractivity contribution in [2.75, 3.05) is 11.9 Å². The fourth-order valence-corrected chi connectivity index (χ4v) is 4.21. The number of hydrogen-bond donors (Lipinski definition) is 2. The van der Waals surface area contributed by atoms with Crippen molar-refractivity contribution in [2.45, 2.75) is 72.3 Å². The van der Waals surface area contributed by atoms with Crippen LogP contribution >= 0.6 is 0 Å². The van der Waals surface area contributed by atoms with Crippen LogP contribution in [0.25, 0.3) is 0 Å². The molecule has 0 aliphatic heterocycles. The van der Waals surface area contributed by atoms with Gasteiger partial charge in [-0.1, -0.05) is 58.6 Å². The molecule has 0 aliphatic carbocycles. The predicted octanol–water partition coefficient (Wildman–Crippen LogP) is 6.78. The fraction of sp³-hybridized carbons (Fsp3) is 0.371. The summed E-state index contributed by atoms with van der Waals surface area (Å²) in [5.41, 5.74) is 2.17. The minimum absolute atomic E-state index is 0.113. The minimum Gasteiger partial charge on any atom is -0.494 e. The zero-order valence-corrected chi connectivity index (χ0v) is 25.5. The summed E-state index contributed by atoms with van der Waals surface area (Å²) >= 11 is 0. The van der Waals surface area contributed by atoms with Gasteiger partial charge in [-0.15, -0.1) is 0 Å². The molecule has 0 radical (unpaired) electrons. The molecule has 2 amide bonds. The van der Waals surface area contributed by atoms with Gasteiger partial charge in [0.25, 0.3) is 5.91 Å². The third-order valence-electron chi connectivity index (χ3n) is 6.92. The van der Waals surface area contributed by atoms with Gasteiger partial charge in [0.2, 0.25) is 5.91 Å². The SMILES string of the molecule is CCCCCCCOc1ccc(C(=O)Oc2ccc(C[C@H](NC(=O)c3ccc(NC(=O)C(C)C)cc3)C(C)=O)cc2)cc1. The molecule has 0 spiro atoms. The number of ketones is 1. The molecular weight excluding hydrogens is 544 g/mol. The van der Waals surface area contributed by atoms with Gasteiger partial charge in [-0.05, 0) is 86.0 Å². The number of benzene rings is 3. The normalized spacial score (nSPS) is 11.5. The molecule has 43 heavy (non-hydrogen) atoms. The van der Waals surface area contributed by atoms with Crippen molar-refractivity contribution in [1.29, 1.82) is 0 Å². The molecule has 3 rings (SSSR count). The first-order valence-corrected chi connectivity index (χ1v) is 14.9.